The molecule has 0 aliphatic heterocycles. The van der Waals surface area contributed by atoms with Crippen molar-refractivity contribution >= 4 is 11.3 Å². The summed E-state index contributed by atoms with van der Waals surface area (Å²) in [5.74, 6) is 0.574. The summed E-state index contributed by atoms with van der Waals surface area (Å²) in [5, 5.41) is 7.86. The van der Waals surface area contributed by atoms with Crippen LogP contribution in [0.15, 0.2) is 60.8 Å². The van der Waals surface area contributed by atoms with E-state index >= 15 is 0 Å². The molecule has 0 saturated carbocycles. The van der Waals surface area contributed by atoms with Crippen LogP contribution < -0.4 is 0 Å². The third kappa shape index (κ3) is 8.19. The van der Waals surface area contributed by atoms with Crippen molar-refractivity contribution in [3.05, 3.63) is 83.2 Å². The van der Waals surface area contributed by atoms with E-state index in [4.69, 9.17) is 5.41 Å². The topological polar surface area (TPSA) is 36.7 Å². The van der Waals surface area contributed by atoms with E-state index in [0.717, 1.165) is 36.1 Å². The number of rotatable bonds is 5. The van der Waals surface area contributed by atoms with Crippen molar-refractivity contribution in [2.24, 2.45) is 5.92 Å². The minimum absolute atomic E-state index is 0. The van der Waals surface area contributed by atoms with E-state index in [-0.39, 0.29) is 7.43 Å². The van der Waals surface area contributed by atoms with Crippen LogP contribution in [0.25, 0.3) is 5.57 Å². The van der Waals surface area contributed by atoms with Gasteiger partial charge < -0.3 is 5.41 Å². The van der Waals surface area contributed by atoms with Gasteiger partial charge in [0.05, 0.1) is 0 Å². The molecule has 1 unspecified atom stereocenters. The van der Waals surface area contributed by atoms with Gasteiger partial charge in [-0.15, -0.1) is 0 Å². The van der Waals surface area contributed by atoms with Crippen molar-refractivity contribution in [2.45, 2.75) is 68.2 Å². The molecule has 1 N–H and O–H groups in total. The van der Waals surface area contributed by atoms with Crippen molar-refractivity contribution < 1.29 is 0 Å². The molecular weight excluding hydrogens is 352 g/mol. The molecule has 0 saturated heterocycles. The van der Waals surface area contributed by atoms with Gasteiger partial charge >= 0.3 is 0 Å². The maximum absolute atomic E-state index is 7.86. The lowest BCUT2D eigenvalue weighted by Gasteiger charge is -2.16. The Morgan fingerprint density at radius 1 is 1.10 bits per heavy atom. The lowest BCUT2D eigenvalue weighted by molar-refractivity contribution is 0.590. The van der Waals surface area contributed by atoms with E-state index in [2.05, 4.69) is 59.6 Å². The molecule has 0 fully saturated rings. The predicted molar refractivity (Wildman–Crippen MR) is 131 cm³/mol. The number of aromatic nitrogens is 1. The molecule has 3 rings (SSSR count). The number of pyridine rings is 1. The molecule has 1 aliphatic carbocycles. The second-order valence-electron chi connectivity index (χ2n) is 6.53. The van der Waals surface area contributed by atoms with Crippen LogP contribution >= 0.6 is 0 Å². The fourth-order valence-corrected chi connectivity index (χ4v) is 3.16. The Balaban J connectivity index is 0.00000148. The van der Waals surface area contributed by atoms with Crippen LogP contribution in [0.5, 0.6) is 0 Å². The van der Waals surface area contributed by atoms with Gasteiger partial charge in [0.2, 0.25) is 0 Å². The highest BCUT2D eigenvalue weighted by molar-refractivity contribution is 5.97. The highest BCUT2D eigenvalue weighted by atomic mass is 14.7. The van der Waals surface area contributed by atoms with E-state index in [1.165, 1.54) is 11.1 Å². The highest BCUT2D eigenvalue weighted by Gasteiger charge is 2.11. The quantitative estimate of drug-likeness (QED) is 0.513. The minimum Gasteiger partial charge on any atom is -0.305 e. The average Bonchev–Trinajstić information content (AvgIpc) is 2.77. The normalized spacial score (nSPS) is 14.3. The molecule has 2 aromatic rings. The molecule has 0 radical (unpaired) electrons. The molecule has 29 heavy (non-hydrogen) atoms. The maximum Gasteiger partial charge on any atom is 0.0410 e. The molecule has 1 aromatic carbocycles. The van der Waals surface area contributed by atoms with Crippen molar-refractivity contribution in [3.8, 4) is 0 Å². The van der Waals surface area contributed by atoms with Crippen molar-refractivity contribution in [1.82, 2.24) is 4.98 Å². The van der Waals surface area contributed by atoms with Crippen LogP contribution in [0.2, 0.25) is 0 Å². The number of hydrogen-bond acceptors (Lipinski definition) is 2. The molecule has 2 heteroatoms. The van der Waals surface area contributed by atoms with Gasteiger partial charge in [-0.3, -0.25) is 4.98 Å². The number of benzene rings is 1. The Hall–Kier alpha value is -2.48. The fraction of sp³-hybridized carbons (Fsp3) is 0.407. The zero-order valence-electron chi connectivity index (χ0n) is 18.4. The highest BCUT2D eigenvalue weighted by Crippen LogP contribution is 2.26. The second-order valence-corrected chi connectivity index (χ2v) is 6.53. The zero-order valence-corrected chi connectivity index (χ0v) is 18.4. The van der Waals surface area contributed by atoms with Gasteiger partial charge in [0.15, 0.2) is 0 Å². The summed E-state index contributed by atoms with van der Waals surface area (Å²) in [7, 11) is 0. The van der Waals surface area contributed by atoms with E-state index < -0.39 is 0 Å². The number of allylic oxidation sites excluding steroid dienone is 4. The van der Waals surface area contributed by atoms with Gasteiger partial charge in [0.1, 0.15) is 0 Å². The Bertz CT molecular complexity index is 785. The van der Waals surface area contributed by atoms with Crippen LogP contribution in [0.3, 0.4) is 0 Å². The summed E-state index contributed by atoms with van der Waals surface area (Å²) in [5.41, 5.74) is 6.42. The molecule has 0 amide bonds. The SMILES string of the molecule is C.CC.CC.CC(=N)c1cc(CCC2C=CC(c3ccccc3)=CC2)ncc1C. The number of nitrogens with one attached hydrogen (secondary N) is 1. The van der Waals surface area contributed by atoms with E-state index in [1.54, 1.807) is 0 Å². The molecule has 1 aromatic heterocycles. The molecule has 1 aliphatic rings. The van der Waals surface area contributed by atoms with Crippen LogP contribution in [0.1, 0.15) is 77.3 Å². The van der Waals surface area contributed by atoms with Crippen LogP contribution in [-0.4, -0.2) is 10.7 Å². The first-order chi connectivity index (χ1) is 13.6. The van der Waals surface area contributed by atoms with Crippen molar-refractivity contribution in [3.63, 3.8) is 0 Å². The molecule has 1 heterocycles. The van der Waals surface area contributed by atoms with Gasteiger partial charge in [-0.1, -0.05) is 83.7 Å². The summed E-state index contributed by atoms with van der Waals surface area (Å²) in [6.45, 7) is 11.9. The van der Waals surface area contributed by atoms with E-state index in [1.807, 2.05) is 47.7 Å². The molecule has 1 atom stereocenters. The van der Waals surface area contributed by atoms with Crippen LogP contribution in [0.4, 0.5) is 0 Å². The Morgan fingerprint density at radius 3 is 2.31 bits per heavy atom. The van der Waals surface area contributed by atoms with Crippen LogP contribution in [-0.2, 0) is 6.42 Å². The minimum atomic E-state index is 0. The smallest absolute Gasteiger partial charge is 0.0410 e. The van der Waals surface area contributed by atoms with E-state index in [0.29, 0.717) is 11.6 Å². The first kappa shape index (κ1) is 26.5. The lowest BCUT2D eigenvalue weighted by Crippen LogP contribution is -2.05. The summed E-state index contributed by atoms with van der Waals surface area (Å²) < 4.78 is 0. The van der Waals surface area contributed by atoms with Crippen LogP contribution in [0, 0.1) is 18.3 Å². The fourth-order valence-electron chi connectivity index (χ4n) is 3.16. The molecule has 0 bridgehead atoms. The van der Waals surface area contributed by atoms with Gasteiger partial charge in [-0.25, -0.2) is 0 Å². The first-order valence-electron chi connectivity index (χ1n) is 10.6. The number of nitrogens with zero attached hydrogens (tertiary/aromatic N) is 1. The van der Waals surface area contributed by atoms with Gasteiger partial charge in [0.25, 0.3) is 0 Å². The van der Waals surface area contributed by atoms with E-state index in [9.17, 15) is 0 Å². The lowest BCUT2D eigenvalue weighted by atomic mass is 9.89. The van der Waals surface area contributed by atoms with Gasteiger partial charge in [-0.05, 0) is 61.8 Å². The van der Waals surface area contributed by atoms with Crippen molar-refractivity contribution in [1.29, 1.82) is 5.41 Å². The first-order valence-corrected chi connectivity index (χ1v) is 10.6. The monoisotopic (exact) mass is 392 g/mol. The third-order valence-electron chi connectivity index (χ3n) is 4.63. The summed E-state index contributed by atoms with van der Waals surface area (Å²) >= 11 is 0. The Kier molecular flexibility index (Phi) is 13.3. The summed E-state index contributed by atoms with van der Waals surface area (Å²) in [6, 6.07) is 12.6. The molecule has 0 spiro atoms. The molecular formula is C27H40N2. The third-order valence-corrected chi connectivity index (χ3v) is 4.63. The molecule has 158 valence electrons. The standard InChI is InChI=1S/C22H24N2.2C2H6.CH4/c1-16-15-24-21(14-22(16)17(2)23)13-10-18-8-11-20(12-9-18)19-6-4-3-5-7-19;2*1-2;/h3-8,11-12,14-15,18,23H,9-10,13H2,1-2H3;2*1-2H3;1H4. The van der Waals surface area contributed by atoms with Crippen molar-refractivity contribution in [2.75, 3.05) is 0 Å². The van der Waals surface area contributed by atoms with Gasteiger partial charge in [0, 0.05) is 23.2 Å². The number of hydrogen-bond donors (Lipinski definition) is 1. The van der Waals surface area contributed by atoms with Gasteiger partial charge in [-0.2, -0.15) is 0 Å². The largest absolute Gasteiger partial charge is 0.305 e. The summed E-state index contributed by atoms with van der Waals surface area (Å²) in [6.07, 6.45) is 12.0. The Labute approximate surface area is 179 Å². The molecule has 2 nitrogen and oxygen atoms in total. The maximum atomic E-state index is 7.86. The predicted octanol–water partition coefficient (Wildman–Crippen LogP) is 8.06. The number of aryl methyl sites for hydroxylation is 2. The Morgan fingerprint density at radius 2 is 1.76 bits per heavy atom. The zero-order chi connectivity index (χ0) is 20.9. The summed E-state index contributed by atoms with van der Waals surface area (Å²) in [4.78, 5) is 4.53. The second kappa shape index (κ2) is 14.5. The average molecular weight is 393 g/mol.